The van der Waals surface area contributed by atoms with E-state index in [0.717, 1.165) is 54.2 Å². The predicted molar refractivity (Wildman–Crippen MR) is 218 cm³/mol. The maximum absolute atomic E-state index is 14.6. The van der Waals surface area contributed by atoms with Crippen molar-refractivity contribution in [2.75, 3.05) is 20.1 Å². The van der Waals surface area contributed by atoms with Crippen molar-refractivity contribution in [1.29, 1.82) is 0 Å². The molecular weight excluding hydrogens is 711 g/mol. The summed E-state index contributed by atoms with van der Waals surface area (Å²) in [5, 5.41) is 10.8. The molecule has 1 aliphatic heterocycles. The third-order valence-corrected chi connectivity index (χ3v) is 11.7. The van der Waals surface area contributed by atoms with Crippen LogP contribution in [-0.2, 0) is 40.9 Å². The number of nitrogens with one attached hydrogen (secondary N) is 4. The maximum atomic E-state index is 14.6. The van der Waals surface area contributed by atoms with Crippen molar-refractivity contribution in [3.05, 3.63) is 102 Å². The zero-order valence-electron chi connectivity index (χ0n) is 31.9. The standard InChI is InChI=1S/C42H53N9O3S/c1-27-19-29(36-25-50(2)26-48-36)20-31-24-47-41(53)37(21-30-23-45-33-13-6-5-12-32(30)33)51(3)42(54)35(14-8-9-17-43)49-40(52)34(15-10-18-44)46-22-28-11-4-7-16-38(28)55-39(27)31/h4-7,11-13,16,19-20,23,25-26,34-35,37,45-46H,8-10,14-15,17-18,21-22,24,43-44H2,1-3H3,(H,47,53)(H,49,52). The van der Waals surface area contributed by atoms with Crippen LogP contribution < -0.4 is 27.4 Å². The summed E-state index contributed by atoms with van der Waals surface area (Å²) in [5.41, 5.74) is 18.4. The summed E-state index contributed by atoms with van der Waals surface area (Å²) in [6.45, 7) is 3.64. The third kappa shape index (κ3) is 9.65. The van der Waals surface area contributed by atoms with Gasteiger partial charge >= 0.3 is 0 Å². The number of carbonyl (C=O) groups is 3. The van der Waals surface area contributed by atoms with Gasteiger partial charge in [0.15, 0.2) is 0 Å². The highest BCUT2D eigenvalue weighted by molar-refractivity contribution is 7.99. The Morgan fingerprint density at radius 3 is 2.42 bits per heavy atom. The smallest absolute Gasteiger partial charge is 0.245 e. The molecule has 3 atom stereocenters. The Labute approximate surface area is 327 Å². The molecule has 0 bridgehead atoms. The number of fused-ring (bicyclic) bond motifs is 3. The van der Waals surface area contributed by atoms with Crippen molar-refractivity contribution in [1.82, 2.24) is 35.4 Å². The molecule has 0 spiro atoms. The van der Waals surface area contributed by atoms with Gasteiger partial charge in [-0.25, -0.2) is 4.98 Å². The number of H-pyrrole nitrogens is 1. The maximum Gasteiger partial charge on any atom is 0.245 e. The molecule has 6 rings (SSSR count). The summed E-state index contributed by atoms with van der Waals surface area (Å²) in [5.74, 6) is -0.901. The average molecular weight is 764 g/mol. The number of nitrogens with zero attached hydrogens (tertiary/aromatic N) is 3. The molecule has 0 fully saturated rings. The van der Waals surface area contributed by atoms with E-state index in [1.54, 1.807) is 25.1 Å². The number of aromatic nitrogens is 3. The van der Waals surface area contributed by atoms with E-state index in [1.165, 1.54) is 4.90 Å². The Hall–Kier alpha value is -4.95. The van der Waals surface area contributed by atoms with Crippen molar-refractivity contribution >= 4 is 40.4 Å². The Bertz CT molecular complexity index is 2110. The molecule has 0 saturated heterocycles. The first-order valence-electron chi connectivity index (χ1n) is 19.1. The van der Waals surface area contributed by atoms with Gasteiger partial charge in [-0.3, -0.25) is 14.4 Å². The van der Waals surface area contributed by atoms with Crippen LogP contribution >= 0.6 is 11.8 Å². The number of hydrogen-bond donors (Lipinski definition) is 6. The molecule has 0 saturated carbocycles. The number of aryl methyl sites for hydroxylation is 2. The Morgan fingerprint density at radius 1 is 0.873 bits per heavy atom. The lowest BCUT2D eigenvalue weighted by Gasteiger charge is -2.32. The summed E-state index contributed by atoms with van der Waals surface area (Å²) in [6.07, 6.45) is 8.78. The summed E-state index contributed by atoms with van der Waals surface area (Å²) in [7, 11) is 3.60. The second kappa shape index (κ2) is 18.6. The van der Waals surface area contributed by atoms with Crippen LogP contribution in [0.1, 0.15) is 54.4 Å². The molecule has 3 unspecified atom stereocenters. The number of aromatic amines is 1. The second-order valence-corrected chi connectivity index (χ2v) is 15.4. The third-order valence-electron chi connectivity index (χ3n) is 10.3. The molecule has 0 aliphatic carbocycles. The van der Waals surface area contributed by atoms with E-state index < -0.39 is 18.1 Å². The van der Waals surface area contributed by atoms with E-state index in [2.05, 4.69) is 57.1 Å². The molecule has 0 radical (unpaired) electrons. The predicted octanol–water partition coefficient (Wildman–Crippen LogP) is 4.54. The van der Waals surface area contributed by atoms with E-state index in [1.807, 2.05) is 60.4 Å². The summed E-state index contributed by atoms with van der Waals surface area (Å²) in [4.78, 5) is 54.7. The molecule has 12 nitrogen and oxygen atoms in total. The van der Waals surface area contributed by atoms with Crippen molar-refractivity contribution < 1.29 is 14.4 Å². The molecule has 13 heteroatoms. The first kappa shape index (κ1) is 39.7. The van der Waals surface area contributed by atoms with Crippen LogP contribution in [0, 0.1) is 6.92 Å². The number of nitrogens with two attached hydrogens (primary N) is 2. The van der Waals surface area contributed by atoms with Gasteiger partial charge in [-0.15, -0.1) is 0 Å². The van der Waals surface area contributed by atoms with Crippen LogP contribution in [0.5, 0.6) is 0 Å². The summed E-state index contributed by atoms with van der Waals surface area (Å²) < 4.78 is 1.91. The highest BCUT2D eigenvalue weighted by atomic mass is 32.2. The van der Waals surface area contributed by atoms with Crippen molar-refractivity contribution in [2.45, 2.75) is 86.5 Å². The number of para-hydroxylation sites is 1. The fourth-order valence-corrected chi connectivity index (χ4v) is 8.33. The highest BCUT2D eigenvalue weighted by Crippen LogP contribution is 2.38. The van der Waals surface area contributed by atoms with Gasteiger partial charge in [0, 0.05) is 72.3 Å². The van der Waals surface area contributed by atoms with Gasteiger partial charge < -0.3 is 41.9 Å². The molecule has 55 heavy (non-hydrogen) atoms. The minimum absolute atomic E-state index is 0.230. The number of unbranched alkanes of at least 4 members (excludes halogenated alkanes) is 1. The minimum atomic E-state index is -0.876. The molecular formula is C42H53N9O3S. The van der Waals surface area contributed by atoms with Crippen LogP contribution in [0.4, 0.5) is 0 Å². The number of rotatable bonds is 10. The van der Waals surface area contributed by atoms with Crippen LogP contribution in [0.2, 0.25) is 0 Å². The topological polar surface area (TPSA) is 176 Å². The second-order valence-electron chi connectivity index (χ2n) is 14.4. The Balaban J connectivity index is 1.44. The number of carbonyl (C=O) groups excluding carboxylic acids is 3. The van der Waals surface area contributed by atoms with Gasteiger partial charge in [0.2, 0.25) is 17.7 Å². The van der Waals surface area contributed by atoms with Gasteiger partial charge in [-0.1, -0.05) is 48.2 Å². The molecule has 290 valence electrons. The molecule has 3 heterocycles. The first-order chi connectivity index (χ1) is 26.7. The number of amides is 3. The number of imidazole rings is 1. The Kier molecular flexibility index (Phi) is 13.4. The van der Waals surface area contributed by atoms with E-state index in [4.69, 9.17) is 11.5 Å². The van der Waals surface area contributed by atoms with Gasteiger partial charge in [0.1, 0.15) is 12.1 Å². The minimum Gasteiger partial charge on any atom is -0.361 e. The van der Waals surface area contributed by atoms with Crippen molar-refractivity contribution in [2.24, 2.45) is 18.5 Å². The van der Waals surface area contributed by atoms with Gasteiger partial charge in [0.25, 0.3) is 0 Å². The van der Waals surface area contributed by atoms with E-state index in [0.29, 0.717) is 51.7 Å². The number of benzene rings is 3. The van der Waals surface area contributed by atoms with E-state index in [9.17, 15) is 14.4 Å². The summed E-state index contributed by atoms with van der Waals surface area (Å²) in [6, 6.07) is 18.0. The van der Waals surface area contributed by atoms with E-state index in [-0.39, 0.29) is 30.7 Å². The van der Waals surface area contributed by atoms with Crippen molar-refractivity contribution in [3.63, 3.8) is 0 Å². The lowest BCUT2D eigenvalue weighted by Crippen LogP contribution is -2.57. The average Bonchev–Trinajstić information content (AvgIpc) is 3.82. The number of likely N-dealkylation sites (N-methyl/N-ethyl adjacent to an activating group) is 1. The first-order valence-corrected chi connectivity index (χ1v) is 19.9. The lowest BCUT2D eigenvalue weighted by molar-refractivity contribution is -0.142. The quantitative estimate of drug-likeness (QED) is 0.112. The van der Waals surface area contributed by atoms with Crippen LogP contribution in [0.3, 0.4) is 0 Å². The highest BCUT2D eigenvalue weighted by Gasteiger charge is 2.34. The van der Waals surface area contributed by atoms with Crippen LogP contribution in [0.25, 0.3) is 22.2 Å². The molecule has 2 aromatic heterocycles. The zero-order chi connectivity index (χ0) is 38.9. The fourth-order valence-electron chi connectivity index (χ4n) is 7.21. The SMILES string of the molecule is Cc1cc(-c2cn(C)cn2)cc2c1Sc1ccccc1CNC(CCCN)C(=O)NC(CCCCN)C(=O)N(C)C(Cc1c[nH]c3ccccc13)C(=O)NC2. The fraction of sp³-hybridized carbons (Fsp3) is 0.381. The molecule has 3 amide bonds. The summed E-state index contributed by atoms with van der Waals surface area (Å²) >= 11 is 1.64. The zero-order valence-corrected chi connectivity index (χ0v) is 32.8. The van der Waals surface area contributed by atoms with Gasteiger partial charge in [-0.2, -0.15) is 0 Å². The molecule has 5 aromatic rings. The normalized spacial score (nSPS) is 18.7. The van der Waals surface area contributed by atoms with Gasteiger partial charge in [0.05, 0.1) is 18.1 Å². The van der Waals surface area contributed by atoms with Crippen LogP contribution in [-0.4, -0.2) is 75.4 Å². The molecule has 1 aliphatic rings. The largest absolute Gasteiger partial charge is 0.361 e. The number of hydrogen-bond acceptors (Lipinski definition) is 8. The monoisotopic (exact) mass is 763 g/mol. The van der Waals surface area contributed by atoms with Crippen LogP contribution in [0.15, 0.2) is 89.2 Å². The van der Waals surface area contributed by atoms with E-state index >= 15 is 0 Å². The molecule has 3 aromatic carbocycles. The molecule has 8 N–H and O–H groups in total. The van der Waals surface area contributed by atoms with Gasteiger partial charge in [-0.05, 0) is 98.6 Å². The lowest BCUT2D eigenvalue weighted by atomic mass is 10.0. The Morgan fingerprint density at radius 2 is 1.64 bits per heavy atom. The van der Waals surface area contributed by atoms with Crippen molar-refractivity contribution in [3.8, 4) is 11.3 Å².